The summed E-state index contributed by atoms with van der Waals surface area (Å²) in [7, 11) is -1.44. The number of sulfonamides is 1. The quantitative estimate of drug-likeness (QED) is 0.303. The molecule has 3 aromatic rings. The SMILES string of the molecule is CCNC(=O)[C@@H](C)N(Cc1ccc(Cl)c(Cl)c1)C(=O)CN(c1cc(OC)ccc1OC)S(=O)(=O)c1ccc(C)cc1. The van der Waals surface area contributed by atoms with Gasteiger partial charge in [-0.05, 0) is 62.7 Å². The second kappa shape index (κ2) is 13.9. The fraction of sp³-hybridized carbons (Fsp3) is 0.310. The van der Waals surface area contributed by atoms with Crippen LogP contribution in [0.2, 0.25) is 10.0 Å². The third-order valence-corrected chi connectivity index (χ3v) is 8.91. The Hall–Kier alpha value is -3.47. The molecule has 1 N–H and O–H groups in total. The van der Waals surface area contributed by atoms with Crippen LogP contribution >= 0.6 is 23.2 Å². The molecule has 0 aliphatic rings. The van der Waals surface area contributed by atoms with Crippen molar-refractivity contribution in [3.05, 3.63) is 81.8 Å². The van der Waals surface area contributed by atoms with E-state index in [9.17, 15) is 18.0 Å². The smallest absolute Gasteiger partial charge is 0.264 e. The highest BCUT2D eigenvalue weighted by atomic mass is 35.5. The minimum atomic E-state index is -4.29. The predicted molar refractivity (Wildman–Crippen MR) is 160 cm³/mol. The van der Waals surface area contributed by atoms with Gasteiger partial charge in [0.2, 0.25) is 11.8 Å². The van der Waals surface area contributed by atoms with Gasteiger partial charge in [-0.15, -0.1) is 0 Å². The van der Waals surface area contributed by atoms with Crippen LogP contribution in [0, 0.1) is 6.92 Å². The van der Waals surface area contributed by atoms with Crippen LogP contribution in [0.1, 0.15) is 25.0 Å². The van der Waals surface area contributed by atoms with Crippen molar-refractivity contribution >= 4 is 50.7 Å². The van der Waals surface area contributed by atoms with Gasteiger partial charge in [0.25, 0.3) is 10.0 Å². The molecule has 0 saturated heterocycles. The lowest BCUT2D eigenvalue weighted by molar-refractivity contribution is -0.139. The summed E-state index contributed by atoms with van der Waals surface area (Å²) in [5.74, 6) is -0.453. The third-order valence-electron chi connectivity index (χ3n) is 6.40. The molecule has 0 unspecified atom stereocenters. The number of amides is 2. The molecule has 0 saturated carbocycles. The molecule has 0 radical (unpaired) electrons. The van der Waals surface area contributed by atoms with Gasteiger partial charge >= 0.3 is 0 Å². The van der Waals surface area contributed by atoms with Crippen molar-refractivity contribution in [2.24, 2.45) is 0 Å². The highest BCUT2D eigenvalue weighted by Gasteiger charge is 2.34. The average Bonchev–Trinajstić information content (AvgIpc) is 2.95. The zero-order chi connectivity index (χ0) is 30.3. The van der Waals surface area contributed by atoms with Crippen LogP contribution in [0.5, 0.6) is 11.5 Å². The molecule has 12 heteroatoms. The number of likely N-dealkylation sites (N-methyl/N-ethyl adjacent to an activating group) is 1. The van der Waals surface area contributed by atoms with Crippen LogP contribution in [0.15, 0.2) is 65.6 Å². The highest BCUT2D eigenvalue weighted by Crippen LogP contribution is 2.36. The molecule has 1 atom stereocenters. The van der Waals surface area contributed by atoms with Gasteiger partial charge in [-0.1, -0.05) is 47.0 Å². The van der Waals surface area contributed by atoms with Crippen LogP contribution in [-0.2, 0) is 26.2 Å². The number of halogens is 2. The Kier molecular flexibility index (Phi) is 10.9. The summed E-state index contributed by atoms with van der Waals surface area (Å²) >= 11 is 12.3. The number of aryl methyl sites for hydroxylation is 1. The molecule has 0 spiro atoms. The number of methoxy groups -OCH3 is 2. The number of hydrogen-bond acceptors (Lipinski definition) is 6. The van der Waals surface area contributed by atoms with Crippen molar-refractivity contribution < 1.29 is 27.5 Å². The van der Waals surface area contributed by atoms with Gasteiger partial charge < -0.3 is 19.7 Å². The van der Waals surface area contributed by atoms with E-state index in [1.807, 2.05) is 6.92 Å². The maximum Gasteiger partial charge on any atom is 0.264 e. The van der Waals surface area contributed by atoms with Crippen LogP contribution in [0.25, 0.3) is 0 Å². The summed E-state index contributed by atoms with van der Waals surface area (Å²) in [6.45, 7) is 4.87. The van der Waals surface area contributed by atoms with Crippen LogP contribution < -0.4 is 19.1 Å². The van der Waals surface area contributed by atoms with Crippen LogP contribution in [0.3, 0.4) is 0 Å². The van der Waals surface area contributed by atoms with E-state index in [4.69, 9.17) is 32.7 Å². The third kappa shape index (κ3) is 7.63. The molecule has 220 valence electrons. The van der Waals surface area contributed by atoms with E-state index < -0.39 is 34.4 Å². The number of rotatable bonds is 12. The van der Waals surface area contributed by atoms with Gasteiger partial charge in [-0.2, -0.15) is 0 Å². The summed E-state index contributed by atoms with van der Waals surface area (Å²) in [4.78, 5) is 28.2. The Morgan fingerprint density at radius 1 is 0.951 bits per heavy atom. The molecule has 0 bridgehead atoms. The van der Waals surface area contributed by atoms with Gasteiger partial charge in [-0.25, -0.2) is 8.42 Å². The molecule has 0 heterocycles. The first-order chi connectivity index (χ1) is 19.4. The van der Waals surface area contributed by atoms with E-state index in [0.717, 1.165) is 9.87 Å². The molecular weight excluding hydrogens is 589 g/mol. The molecule has 0 aliphatic carbocycles. The van der Waals surface area contributed by atoms with Crippen molar-refractivity contribution in [2.45, 2.75) is 38.3 Å². The van der Waals surface area contributed by atoms with Crippen LogP contribution in [-0.4, -0.2) is 58.5 Å². The van der Waals surface area contributed by atoms with Gasteiger partial charge in [-0.3, -0.25) is 13.9 Å². The maximum absolute atomic E-state index is 14.1. The lowest BCUT2D eigenvalue weighted by Gasteiger charge is -2.32. The van der Waals surface area contributed by atoms with Crippen LogP contribution in [0.4, 0.5) is 5.69 Å². The zero-order valence-corrected chi connectivity index (χ0v) is 25.8. The van der Waals surface area contributed by atoms with E-state index >= 15 is 0 Å². The Balaban J connectivity index is 2.13. The van der Waals surface area contributed by atoms with E-state index in [2.05, 4.69) is 5.32 Å². The number of hydrogen-bond donors (Lipinski definition) is 1. The monoisotopic (exact) mass is 621 g/mol. The number of nitrogens with zero attached hydrogens (tertiary/aromatic N) is 2. The van der Waals surface area contributed by atoms with Crippen molar-refractivity contribution in [1.82, 2.24) is 10.2 Å². The van der Waals surface area contributed by atoms with Gasteiger partial charge in [0.15, 0.2) is 0 Å². The van der Waals surface area contributed by atoms with Crippen molar-refractivity contribution in [1.29, 1.82) is 0 Å². The topological polar surface area (TPSA) is 105 Å². The fourth-order valence-electron chi connectivity index (χ4n) is 4.08. The lowest BCUT2D eigenvalue weighted by Crippen LogP contribution is -2.51. The maximum atomic E-state index is 14.1. The first-order valence-electron chi connectivity index (χ1n) is 12.8. The summed E-state index contributed by atoms with van der Waals surface area (Å²) in [5, 5.41) is 3.34. The predicted octanol–water partition coefficient (Wildman–Crippen LogP) is 5.07. The molecular formula is C29H33Cl2N3O6S. The minimum Gasteiger partial charge on any atom is -0.497 e. The largest absolute Gasteiger partial charge is 0.497 e. The average molecular weight is 623 g/mol. The van der Waals surface area contributed by atoms with Crippen molar-refractivity contribution in [3.63, 3.8) is 0 Å². The van der Waals surface area contributed by atoms with E-state index in [0.29, 0.717) is 22.9 Å². The number of nitrogens with one attached hydrogen (secondary N) is 1. The molecule has 9 nitrogen and oxygen atoms in total. The normalized spacial score (nSPS) is 11.9. The molecule has 3 aromatic carbocycles. The number of ether oxygens (including phenoxy) is 2. The molecule has 0 fully saturated rings. The van der Waals surface area contributed by atoms with Crippen molar-refractivity contribution in [3.8, 4) is 11.5 Å². The second-order valence-electron chi connectivity index (χ2n) is 9.20. The number of benzene rings is 3. The first-order valence-corrected chi connectivity index (χ1v) is 14.9. The molecule has 0 aromatic heterocycles. The number of carbonyl (C=O) groups is 2. The summed E-state index contributed by atoms with van der Waals surface area (Å²) in [5.41, 5.74) is 1.57. The highest BCUT2D eigenvalue weighted by molar-refractivity contribution is 7.92. The molecule has 41 heavy (non-hydrogen) atoms. The zero-order valence-electron chi connectivity index (χ0n) is 23.5. The standard InChI is InChI=1S/C29H33Cl2N3O6S/c1-6-32-29(36)20(3)33(17-21-9-13-24(30)25(31)15-21)28(35)18-34(26-16-22(39-4)10-14-27(26)40-5)41(37,38)23-11-7-19(2)8-12-23/h7-16,20H,6,17-18H2,1-5H3,(H,32,36)/t20-/m1/s1. The summed E-state index contributed by atoms with van der Waals surface area (Å²) in [6, 6.07) is 14.9. The van der Waals surface area contributed by atoms with E-state index in [-0.39, 0.29) is 27.9 Å². The summed E-state index contributed by atoms with van der Waals surface area (Å²) < 4.78 is 39.9. The second-order valence-corrected chi connectivity index (χ2v) is 11.9. The van der Waals surface area contributed by atoms with Gasteiger partial charge in [0.1, 0.15) is 24.1 Å². The minimum absolute atomic E-state index is 0.0198. The van der Waals surface area contributed by atoms with Crippen molar-refractivity contribution in [2.75, 3.05) is 31.6 Å². The molecule has 2 amide bonds. The first kappa shape index (κ1) is 32.0. The Bertz CT molecular complexity index is 1500. The van der Waals surface area contributed by atoms with Gasteiger partial charge in [0.05, 0.1) is 34.8 Å². The fourth-order valence-corrected chi connectivity index (χ4v) is 5.82. The van der Waals surface area contributed by atoms with E-state index in [1.165, 1.54) is 37.3 Å². The molecule has 3 rings (SSSR count). The summed E-state index contributed by atoms with van der Waals surface area (Å²) in [6.07, 6.45) is 0. The Morgan fingerprint density at radius 2 is 1.63 bits per heavy atom. The number of anilines is 1. The van der Waals surface area contributed by atoms with Gasteiger partial charge in [0, 0.05) is 19.2 Å². The lowest BCUT2D eigenvalue weighted by atomic mass is 10.1. The Morgan fingerprint density at radius 3 is 2.22 bits per heavy atom. The Labute approximate surface area is 251 Å². The number of carbonyl (C=O) groups excluding carboxylic acids is 2. The molecule has 0 aliphatic heterocycles. The van der Waals surface area contributed by atoms with E-state index in [1.54, 1.807) is 56.3 Å².